The van der Waals surface area contributed by atoms with Crippen molar-refractivity contribution in [2.75, 3.05) is 50.1 Å². The molecule has 1 heterocycles. The highest BCUT2D eigenvalue weighted by Crippen LogP contribution is 2.28. The first kappa shape index (κ1) is 26.0. The Hall–Kier alpha value is -2.24. The monoisotopic (exact) mass is 459 g/mol. The number of nitrogens with zero attached hydrogens (tertiary/aromatic N) is 2. The first-order valence-corrected chi connectivity index (χ1v) is 11.4. The van der Waals surface area contributed by atoms with Crippen LogP contribution in [-0.2, 0) is 10.2 Å². The molecule has 176 valence electrons. The Balaban J connectivity index is 0.00000363. The molecule has 1 saturated heterocycles. The van der Waals surface area contributed by atoms with Crippen molar-refractivity contribution in [3.8, 4) is 5.75 Å². The molecule has 0 aliphatic carbocycles. The zero-order valence-electron chi connectivity index (χ0n) is 19.9. The zero-order valence-corrected chi connectivity index (χ0v) is 20.7. The maximum Gasteiger partial charge on any atom is 0.224 e. The van der Waals surface area contributed by atoms with Crippen molar-refractivity contribution >= 4 is 29.7 Å². The van der Waals surface area contributed by atoms with Gasteiger partial charge in [0.15, 0.2) is 0 Å². The molecule has 1 N–H and O–H groups in total. The normalized spacial score (nSPS) is 14.6. The maximum absolute atomic E-state index is 12.3. The average molecular weight is 460 g/mol. The quantitative estimate of drug-likeness (QED) is 0.541. The van der Waals surface area contributed by atoms with E-state index in [1.165, 1.54) is 11.3 Å². The van der Waals surface area contributed by atoms with Crippen LogP contribution in [0.15, 0.2) is 48.5 Å². The van der Waals surface area contributed by atoms with Crippen molar-refractivity contribution in [1.29, 1.82) is 0 Å². The number of ether oxygens (including phenoxy) is 1. The standard InChI is InChI=1S/C26H37N3O2.ClH/c1-26(2,3)21-10-9-11-22(20-21)27-25(30)14-7-8-15-28-16-18-29(19-17-28)23-12-5-6-13-24(23)31-4;/h5-6,9-13,20H,7-8,14-19H2,1-4H3,(H,27,30);1H. The van der Waals surface area contributed by atoms with Crippen molar-refractivity contribution in [2.24, 2.45) is 0 Å². The predicted octanol–water partition coefficient (Wildman–Crippen LogP) is 5.35. The molecule has 0 aromatic heterocycles. The molecule has 2 aromatic carbocycles. The van der Waals surface area contributed by atoms with Gasteiger partial charge in [0.05, 0.1) is 12.8 Å². The largest absolute Gasteiger partial charge is 0.495 e. The van der Waals surface area contributed by atoms with Crippen LogP contribution in [0.3, 0.4) is 0 Å². The summed E-state index contributed by atoms with van der Waals surface area (Å²) >= 11 is 0. The molecular formula is C26H38ClN3O2. The molecule has 1 aliphatic heterocycles. The van der Waals surface area contributed by atoms with E-state index in [1.54, 1.807) is 7.11 Å². The van der Waals surface area contributed by atoms with Crippen molar-refractivity contribution in [3.05, 3.63) is 54.1 Å². The van der Waals surface area contributed by atoms with Crippen LogP contribution in [0.5, 0.6) is 5.75 Å². The van der Waals surface area contributed by atoms with Crippen LogP contribution in [0, 0.1) is 0 Å². The van der Waals surface area contributed by atoms with Crippen molar-refractivity contribution in [2.45, 2.75) is 45.4 Å². The minimum Gasteiger partial charge on any atom is -0.495 e. The van der Waals surface area contributed by atoms with Crippen LogP contribution in [0.1, 0.15) is 45.6 Å². The lowest BCUT2D eigenvalue weighted by molar-refractivity contribution is -0.116. The van der Waals surface area contributed by atoms with Gasteiger partial charge in [0, 0.05) is 38.3 Å². The third-order valence-corrected chi connectivity index (χ3v) is 5.94. The molecule has 0 bridgehead atoms. The zero-order chi connectivity index (χ0) is 22.3. The third kappa shape index (κ3) is 7.42. The van der Waals surface area contributed by atoms with Crippen LogP contribution in [0.2, 0.25) is 0 Å². The Morgan fingerprint density at radius 3 is 2.41 bits per heavy atom. The van der Waals surface area contributed by atoms with E-state index >= 15 is 0 Å². The van der Waals surface area contributed by atoms with Crippen LogP contribution >= 0.6 is 12.4 Å². The van der Waals surface area contributed by atoms with Gasteiger partial charge in [-0.1, -0.05) is 45.0 Å². The number of benzene rings is 2. The number of nitrogens with one attached hydrogen (secondary N) is 1. The molecule has 32 heavy (non-hydrogen) atoms. The molecule has 3 rings (SSSR count). The Bertz CT molecular complexity index is 858. The van der Waals surface area contributed by atoms with Gasteiger partial charge in [-0.2, -0.15) is 0 Å². The fourth-order valence-electron chi connectivity index (χ4n) is 4.01. The Morgan fingerprint density at radius 1 is 1.00 bits per heavy atom. The fraction of sp³-hybridized carbons (Fsp3) is 0.500. The molecule has 0 radical (unpaired) electrons. The van der Waals surface area contributed by atoms with E-state index in [4.69, 9.17) is 4.74 Å². The SMILES string of the molecule is COc1ccccc1N1CCN(CCCCC(=O)Nc2cccc(C(C)(C)C)c2)CC1.Cl. The highest BCUT2D eigenvalue weighted by molar-refractivity contribution is 5.90. The number of unbranched alkanes of at least 4 members (excludes halogenated alkanes) is 1. The van der Waals surface area contributed by atoms with Gasteiger partial charge in [0.25, 0.3) is 0 Å². The molecule has 0 saturated carbocycles. The number of piperazine rings is 1. The van der Waals surface area contributed by atoms with Crippen LogP contribution in [0.4, 0.5) is 11.4 Å². The molecule has 1 fully saturated rings. The Labute approximate surface area is 199 Å². The maximum atomic E-state index is 12.3. The lowest BCUT2D eigenvalue weighted by Gasteiger charge is -2.36. The van der Waals surface area contributed by atoms with E-state index < -0.39 is 0 Å². The number of amides is 1. The second kappa shape index (κ2) is 12.1. The fourth-order valence-corrected chi connectivity index (χ4v) is 4.01. The second-order valence-electron chi connectivity index (χ2n) is 9.34. The first-order chi connectivity index (χ1) is 14.9. The lowest BCUT2D eigenvalue weighted by atomic mass is 9.87. The second-order valence-corrected chi connectivity index (χ2v) is 9.34. The van der Waals surface area contributed by atoms with E-state index in [9.17, 15) is 4.79 Å². The van der Waals surface area contributed by atoms with E-state index in [0.29, 0.717) is 6.42 Å². The summed E-state index contributed by atoms with van der Waals surface area (Å²) in [5.41, 5.74) is 3.38. The summed E-state index contributed by atoms with van der Waals surface area (Å²) < 4.78 is 5.50. The van der Waals surface area contributed by atoms with Gasteiger partial charge in [-0.05, 0) is 54.6 Å². The Morgan fingerprint density at radius 2 is 1.72 bits per heavy atom. The number of hydrogen-bond donors (Lipinski definition) is 1. The molecule has 0 unspecified atom stereocenters. The molecule has 1 aliphatic rings. The molecule has 1 amide bonds. The van der Waals surface area contributed by atoms with Gasteiger partial charge in [-0.25, -0.2) is 0 Å². The smallest absolute Gasteiger partial charge is 0.224 e. The minimum atomic E-state index is 0. The molecule has 0 atom stereocenters. The molecule has 6 heteroatoms. The third-order valence-electron chi connectivity index (χ3n) is 5.94. The molecular weight excluding hydrogens is 422 g/mol. The highest BCUT2D eigenvalue weighted by atomic mass is 35.5. The first-order valence-electron chi connectivity index (χ1n) is 11.4. The van der Waals surface area contributed by atoms with Crippen LogP contribution < -0.4 is 15.0 Å². The van der Waals surface area contributed by atoms with Crippen molar-refractivity contribution < 1.29 is 9.53 Å². The number of methoxy groups -OCH3 is 1. The summed E-state index contributed by atoms with van der Waals surface area (Å²) in [4.78, 5) is 17.2. The summed E-state index contributed by atoms with van der Waals surface area (Å²) in [7, 11) is 1.73. The summed E-state index contributed by atoms with van der Waals surface area (Å²) in [6.07, 6.45) is 2.53. The predicted molar refractivity (Wildman–Crippen MR) is 137 cm³/mol. The Kier molecular flexibility index (Phi) is 9.85. The molecule has 2 aromatic rings. The number of hydrogen-bond acceptors (Lipinski definition) is 4. The van der Waals surface area contributed by atoms with Gasteiger partial charge in [0.1, 0.15) is 5.75 Å². The van der Waals surface area contributed by atoms with E-state index in [2.05, 4.69) is 60.2 Å². The summed E-state index contributed by atoms with van der Waals surface area (Å²) in [6, 6.07) is 16.4. The molecule has 0 spiro atoms. The van der Waals surface area contributed by atoms with Crippen LogP contribution in [0.25, 0.3) is 0 Å². The van der Waals surface area contributed by atoms with E-state index in [0.717, 1.165) is 57.0 Å². The van der Waals surface area contributed by atoms with Gasteiger partial charge < -0.3 is 15.0 Å². The van der Waals surface area contributed by atoms with Gasteiger partial charge in [-0.15, -0.1) is 12.4 Å². The van der Waals surface area contributed by atoms with Crippen molar-refractivity contribution in [3.63, 3.8) is 0 Å². The van der Waals surface area contributed by atoms with Crippen LogP contribution in [-0.4, -0.2) is 50.6 Å². The number of carbonyl (C=O) groups excluding carboxylic acids is 1. The minimum absolute atomic E-state index is 0. The van der Waals surface area contributed by atoms with Gasteiger partial charge >= 0.3 is 0 Å². The number of anilines is 2. The highest BCUT2D eigenvalue weighted by Gasteiger charge is 2.19. The van der Waals surface area contributed by atoms with Gasteiger partial charge in [0.2, 0.25) is 5.91 Å². The molecule has 5 nitrogen and oxygen atoms in total. The summed E-state index contributed by atoms with van der Waals surface area (Å²) in [5, 5.41) is 3.06. The summed E-state index contributed by atoms with van der Waals surface area (Å²) in [5.74, 6) is 1.04. The van der Waals surface area contributed by atoms with Crippen molar-refractivity contribution in [1.82, 2.24) is 4.90 Å². The van der Waals surface area contributed by atoms with E-state index in [1.807, 2.05) is 24.3 Å². The number of carbonyl (C=O) groups is 1. The number of rotatable bonds is 8. The summed E-state index contributed by atoms with van der Waals surface area (Å²) in [6.45, 7) is 11.7. The topological polar surface area (TPSA) is 44.8 Å². The number of halogens is 1. The lowest BCUT2D eigenvalue weighted by Crippen LogP contribution is -2.46. The number of para-hydroxylation sites is 2. The van der Waals surface area contributed by atoms with E-state index in [-0.39, 0.29) is 23.7 Å². The van der Waals surface area contributed by atoms with Gasteiger partial charge in [-0.3, -0.25) is 9.69 Å². The average Bonchev–Trinajstić information content (AvgIpc) is 2.77.